The monoisotopic (exact) mass is 493 g/mol. The largest absolute Gasteiger partial charge is 0.354 e. The van der Waals surface area contributed by atoms with Gasteiger partial charge in [0.2, 0.25) is 5.91 Å². The predicted octanol–water partition coefficient (Wildman–Crippen LogP) is 4.54. The third-order valence-corrected chi connectivity index (χ3v) is 6.91. The van der Waals surface area contributed by atoms with Crippen LogP contribution in [0, 0.1) is 0 Å². The Kier molecular flexibility index (Phi) is 6.55. The molecule has 174 valence electrons. The van der Waals surface area contributed by atoms with Crippen LogP contribution >= 0.6 is 23.2 Å². The van der Waals surface area contributed by atoms with E-state index in [1.807, 2.05) is 54.7 Å². The number of nitrogens with zero attached hydrogens (tertiary/aromatic N) is 4. The topological polar surface area (TPSA) is 60.8 Å². The molecule has 1 atom stereocenters. The molecule has 2 aromatic carbocycles. The Balaban J connectivity index is 1.52. The average molecular weight is 494 g/mol. The maximum atomic E-state index is 13.1. The lowest BCUT2D eigenvalue weighted by molar-refractivity contribution is -0.117. The van der Waals surface area contributed by atoms with Gasteiger partial charge in [-0.2, -0.15) is 0 Å². The minimum Gasteiger partial charge on any atom is -0.354 e. The SMILES string of the molecule is CN1CCN(c2ccc(C3=NC(Cc4ccccc4Cl)C(=O)Nc4ccc(Cl)cc43)cn2)CC1. The molecule has 1 aromatic heterocycles. The number of rotatable bonds is 4. The lowest BCUT2D eigenvalue weighted by Gasteiger charge is -2.33. The summed E-state index contributed by atoms with van der Waals surface area (Å²) < 4.78 is 0. The highest BCUT2D eigenvalue weighted by Gasteiger charge is 2.27. The maximum Gasteiger partial charge on any atom is 0.249 e. The summed E-state index contributed by atoms with van der Waals surface area (Å²) in [5.41, 5.74) is 3.85. The molecule has 3 heterocycles. The van der Waals surface area contributed by atoms with Gasteiger partial charge in [0.15, 0.2) is 0 Å². The highest BCUT2D eigenvalue weighted by molar-refractivity contribution is 6.32. The highest BCUT2D eigenvalue weighted by Crippen LogP contribution is 2.29. The molecule has 1 N–H and O–H groups in total. The molecular weight excluding hydrogens is 469 g/mol. The van der Waals surface area contributed by atoms with Crippen molar-refractivity contribution in [3.63, 3.8) is 0 Å². The van der Waals surface area contributed by atoms with E-state index in [1.54, 1.807) is 6.07 Å². The smallest absolute Gasteiger partial charge is 0.249 e. The van der Waals surface area contributed by atoms with Crippen LogP contribution in [0.5, 0.6) is 0 Å². The minimum atomic E-state index is -0.640. The quantitative estimate of drug-likeness (QED) is 0.579. The molecule has 0 saturated carbocycles. The van der Waals surface area contributed by atoms with Crippen molar-refractivity contribution in [3.05, 3.63) is 87.5 Å². The van der Waals surface area contributed by atoms with Gasteiger partial charge in [-0.05, 0) is 49.0 Å². The fourth-order valence-electron chi connectivity index (χ4n) is 4.31. The summed E-state index contributed by atoms with van der Waals surface area (Å²) in [6, 6.07) is 16.4. The highest BCUT2D eigenvalue weighted by atomic mass is 35.5. The van der Waals surface area contributed by atoms with Crippen molar-refractivity contribution in [2.75, 3.05) is 43.4 Å². The first-order valence-electron chi connectivity index (χ1n) is 11.3. The summed E-state index contributed by atoms with van der Waals surface area (Å²) in [5, 5.41) is 4.21. The predicted molar refractivity (Wildman–Crippen MR) is 139 cm³/mol. The number of aliphatic imine (C=N–C) groups is 1. The Labute approximate surface area is 209 Å². The number of aromatic nitrogens is 1. The van der Waals surface area contributed by atoms with Gasteiger partial charge >= 0.3 is 0 Å². The number of hydrogen-bond acceptors (Lipinski definition) is 5. The number of anilines is 2. The van der Waals surface area contributed by atoms with Gasteiger partial charge in [-0.15, -0.1) is 0 Å². The van der Waals surface area contributed by atoms with Gasteiger partial charge in [0.1, 0.15) is 11.9 Å². The van der Waals surface area contributed by atoms with E-state index in [9.17, 15) is 4.79 Å². The Hall–Kier alpha value is -2.93. The second-order valence-electron chi connectivity index (χ2n) is 8.66. The molecule has 5 rings (SSSR count). The van der Waals surface area contributed by atoms with E-state index in [2.05, 4.69) is 22.2 Å². The average Bonchev–Trinajstić information content (AvgIpc) is 2.97. The number of carbonyl (C=O) groups is 1. The Bertz CT molecular complexity index is 1240. The number of piperazine rings is 1. The lowest BCUT2D eigenvalue weighted by atomic mass is 10.0. The molecule has 8 heteroatoms. The van der Waals surface area contributed by atoms with Crippen LogP contribution in [-0.4, -0.2) is 60.8 Å². The molecule has 1 unspecified atom stereocenters. The van der Waals surface area contributed by atoms with Crippen molar-refractivity contribution in [1.29, 1.82) is 0 Å². The van der Waals surface area contributed by atoms with E-state index >= 15 is 0 Å². The zero-order valence-corrected chi connectivity index (χ0v) is 20.4. The van der Waals surface area contributed by atoms with E-state index in [0.717, 1.165) is 48.7 Å². The first-order chi connectivity index (χ1) is 16.5. The number of fused-ring (bicyclic) bond motifs is 1. The van der Waals surface area contributed by atoms with Gasteiger partial charge in [0.05, 0.1) is 11.4 Å². The zero-order chi connectivity index (χ0) is 23.7. The molecule has 2 aliphatic rings. The van der Waals surface area contributed by atoms with Gasteiger partial charge in [-0.3, -0.25) is 9.79 Å². The molecule has 6 nitrogen and oxygen atoms in total. The number of likely N-dealkylation sites (N-methyl/N-ethyl adjacent to an activating group) is 1. The summed E-state index contributed by atoms with van der Waals surface area (Å²) in [4.78, 5) is 27.4. The van der Waals surface area contributed by atoms with E-state index in [-0.39, 0.29) is 5.91 Å². The third kappa shape index (κ3) is 4.80. The van der Waals surface area contributed by atoms with Gasteiger partial charge in [-0.1, -0.05) is 41.4 Å². The molecule has 0 bridgehead atoms. The minimum absolute atomic E-state index is 0.180. The summed E-state index contributed by atoms with van der Waals surface area (Å²) in [6.45, 7) is 3.92. The van der Waals surface area contributed by atoms with Gasteiger partial charge in [-0.25, -0.2) is 4.98 Å². The molecule has 3 aromatic rings. The van der Waals surface area contributed by atoms with E-state index in [4.69, 9.17) is 33.2 Å². The van der Waals surface area contributed by atoms with Crippen LogP contribution in [0.4, 0.5) is 11.5 Å². The molecule has 1 fully saturated rings. The van der Waals surface area contributed by atoms with E-state index in [0.29, 0.717) is 27.9 Å². The number of halogens is 2. The normalized spacial score (nSPS) is 18.7. The number of hydrogen-bond donors (Lipinski definition) is 1. The van der Waals surface area contributed by atoms with Crippen molar-refractivity contribution in [2.24, 2.45) is 4.99 Å². The van der Waals surface area contributed by atoms with Crippen LogP contribution in [0.2, 0.25) is 10.0 Å². The maximum absolute atomic E-state index is 13.1. The third-order valence-electron chi connectivity index (χ3n) is 6.30. The molecule has 2 aliphatic heterocycles. The first-order valence-corrected chi connectivity index (χ1v) is 12.1. The number of benzodiazepines with no additional fused rings is 1. The van der Waals surface area contributed by atoms with E-state index < -0.39 is 6.04 Å². The molecule has 0 radical (unpaired) electrons. The molecule has 0 aliphatic carbocycles. The van der Waals surface area contributed by atoms with Crippen molar-refractivity contribution in [2.45, 2.75) is 12.5 Å². The first kappa shape index (κ1) is 22.8. The van der Waals surface area contributed by atoms with Crippen LogP contribution in [0.25, 0.3) is 0 Å². The van der Waals surface area contributed by atoms with Crippen molar-refractivity contribution in [1.82, 2.24) is 9.88 Å². The van der Waals surface area contributed by atoms with Gasteiger partial charge in [0, 0.05) is 60.0 Å². The molecule has 1 amide bonds. The van der Waals surface area contributed by atoms with Crippen molar-refractivity contribution in [3.8, 4) is 0 Å². The number of amides is 1. The second-order valence-corrected chi connectivity index (χ2v) is 9.51. The number of benzene rings is 2. The fraction of sp³-hybridized carbons (Fsp3) is 0.269. The van der Waals surface area contributed by atoms with Crippen molar-refractivity contribution >= 4 is 46.3 Å². The molecule has 1 saturated heterocycles. The second kappa shape index (κ2) is 9.74. The lowest BCUT2D eigenvalue weighted by Crippen LogP contribution is -2.44. The summed E-state index contributed by atoms with van der Waals surface area (Å²) in [5.74, 6) is 0.764. The van der Waals surface area contributed by atoms with Crippen LogP contribution in [0.1, 0.15) is 16.7 Å². The zero-order valence-electron chi connectivity index (χ0n) is 18.8. The molecule has 34 heavy (non-hydrogen) atoms. The fourth-order valence-corrected chi connectivity index (χ4v) is 4.70. The van der Waals surface area contributed by atoms with Crippen LogP contribution < -0.4 is 10.2 Å². The van der Waals surface area contributed by atoms with Crippen LogP contribution in [0.15, 0.2) is 65.8 Å². The summed E-state index contributed by atoms with van der Waals surface area (Å²) in [6.07, 6.45) is 2.23. The Morgan fingerprint density at radius 3 is 2.56 bits per heavy atom. The number of pyridine rings is 1. The van der Waals surface area contributed by atoms with Crippen molar-refractivity contribution < 1.29 is 4.79 Å². The summed E-state index contributed by atoms with van der Waals surface area (Å²) in [7, 11) is 2.13. The Morgan fingerprint density at radius 2 is 1.82 bits per heavy atom. The molecule has 0 spiro atoms. The van der Waals surface area contributed by atoms with E-state index in [1.165, 1.54) is 0 Å². The standard InChI is InChI=1S/C26H25Cl2N5O/c1-32-10-12-33(13-11-32)24-9-6-18(16-29-24)25-20-15-19(27)7-8-22(20)31-26(34)23(30-25)14-17-4-2-3-5-21(17)28/h2-9,15-16,23H,10-14H2,1H3,(H,31,34). The van der Waals surface area contributed by atoms with Gasteiger partial charge < -0.3 is 15.1 Å². The summed E-state index contributed by atoms with van der Waals surface area (Å²) >= 11 is 12.7. The van der Waals surface area contributed by atoms with Crippen LogP contribution in [-0.2, 0) is 11.2 Å². The van der Waals surface area contributed by atoms with Crippen LogP contribution in [0.3, 0.4) is 0 Å². The number of carbonyl (C=O) groups excluding carboxylic acids is 1. The van der Waals surface area contributed by atoms with Gasteiger partial charge in [0.25, 0.3) is 0 Å². The number of nitrogens with one attached hydrogen (secondary N) is 1. The Morgan fingerprint density at radius 1 is 1.03 bits per heavy atom. The molecular formula is C26H25Cl2N5O.